The molecule has 0 atom stereocenters. The first kappa shape index (κ1) is 12.3. The summed E-state index contributed by atoms with van der Waals surface area (Å²) in [5, 5.41) is 8.87. The van der Waals surface area contributed by atoms with Crippen molar-refractivity contribution in [1.29, 1.82) is 0 Å². The van der Waals surface area contributed by atoms with Crippen LogP contribution in [0, 0.1) is 0 Å². The molecular weight excluding hydrogens is 194 g/mol. The van der Waals surface area contributed by atoms with Gasteiger partial charge in [-0.05, 0) is 27.1 Å². The molecule has 0 saturated carbocycles. The highest BCUT2D eigenvalue weighted by molar-refractivity contribution is 5.64. The van der Waals surface area contributed by atoms with Crippen LogP contribution in [0.1, 0.15) is 6.42 Å². The lowest BCUT2D eigenvalue weighted by Gasteiger charge is -2.22. The van der Waals surface area contributed by atoms with Crippen LogP contribution < -0.4 is 0 Å². The molecular formula is C10H21N3O2. The van der Waals surface area contributed by atoms with Crippen molar-refractivity contribution < 1.29 is 9.90 Å². The highest BCUT2D eigenvalue weighted by Gasteiger charge is 2.17. The van der Waals surface area contributed by atoms with Crippen LogP contribution in [0.5, 0.6) is 0 Å². The van der Waals surface area contributed by atoms with Gasteiger partial charge in [-0.1, -0.05) is 0 Å². The number of amides is 1. The first-order valence-electron chi connectivity index (χ1n) is 5.44. The van der Waals surface area contributed by atoms with Crippen LogP contribution in [-0.4, -0.2) is 79.3 Å². The van der Waals surface area contributed by atoms with Crippen LogP contribution in [0.25, 0.3) is 0 Å². The summed E-state index contributed by atoms with van der Waals surface area (Å²) in [5.41, 5.74) is 0. The van der Waals surface area contributed by atoms with Gasteiger partial charge in [-0.25, -0.2) is 4.79 Å². The molecule has 88 valence electrons. The Morgan fingerprint density at radius 2 is 2.00 bits per heavy atom. The molecule has 1 aliphatic heterocycles. The molecule has 0 aromatic heterocycles. The van der Waals surface area contributed by atoms with Gasteiger partial charge in [-0.3, -0.25) is 0 Å². The first-order chi connectivity index (χ1) is 7.09. The Morgan fingerprint density at radius 3 is 2.60 bits per heavy atom. The minimum atomic E-state index is -0.788. The van der Waals surface area contributed by atoms with Crippen molar-refractivity contribution in [3.05, 3.63) is 0 Å². The highest BCUT2D eigenvalue weighted by Crippen LogP contribution is 2.02. The van der Waals surface area contributed by atoms with E-state index >= 15 is 0 Å². The molecule has 0 aromatic rings. The van der Waals surface area contributed by atoms with E-state index in [-0.39, 0.29) is 0 Å². The molecule has 1 heterocycles. The Labute approximate surface area is 91.3 Å². The quantitative estimate of drug-likeness (QED) is 0.732. The van der Waals surface area contributed by atoms with Crippen LogP contribution >= 0.6 is 0 Å². The largest absolute Gasteiger partial charge is 0.465 e. The van der Waals surface area contributed by atoms with Gasteiger partial charge >= 0.3 is 6.09 Å². The Kier molecular flexibility index (Phi) is 4.84. The SMILES string of the molecule is CN(C)CCN1CCCN(C(=O)O)CC1. The zero-order valence-corrected chi connectivity index (χ0v) is 9.65. The molecule has 15 heavy (non-hydrogen) atoms. The number of hydrogen-bond acceptors (Lipinski definition) is 3. The molecule has 0 spiro atoms. The number of carbonyl (C=O) groups is 1. The molecule has 1 saturated heterocycles. The van der Waals surface area contributed by atoms with Gasteiger partial charge in [0.2, 0.25) is 0 Å². The summed E-state index contributed by atoms with van der Waals surface area (Å²) in [5.74, 6) is 0. The van der Waals surface area contributed by atoms with E-state index in [4.69, 9.17) is 5.11 Å². The van der Waals surface area contributed by atoms with Crippen LogP contribution in [0.4, 0.5) is 4.79 Å². The van der Waals surface area contributed by atoms with Gasteiger partial charge < -0.3 is 19.8 Å². The minimum absolute atomic E-state index is 0.642. The third kappa shape index (κ3) is 4.48. The summed E-state index contributed by atoms with van der Waals surface area (Å²) in [6, 6.07) is 0. The topological polar surface area (TPSA) is 47.0 Å². The lowest BCUT2D eigenvalue weighted by molar-refractivity contribution is 0.146. The van der Waals surface area contributed by atoms with E-state index in [2.05, 4.69) is 23.9 Å². The number of rotatable bonds is 3. The molecule has 5 nitrogen and oxygen atoms in total. The predicted molar refractivity (Wildman–Crippen MR) is 59.2 cm³/mol. The summed E-state index contributed by atoms with van der Waals surface area (Å²) in [6.07, 6.45) is 0.157. The fourth-order valence-corrected chi connectivity index (χ4v) is 1.73. The molecule has 1 rings (SSSR count). The van der Waals surface area contributed by atoms with Crippen molar-refractivity contribution in [2.24, 2.45) is 0 Å². The van der Waals surface area contributed by atoms with Crippen LogP contribution in [0.3, 0.4) is 0 Å². The van der Waals surface area contributed by atoms with E-state index in [0.717, 1.165) is 32.6 Å². The first-order valence-corrected chi connectivity index (χ1v) is 5.44. The number of hydrogen-bond donors (Lipinski definition) is 1. The Balaban J connectivity index is 2.29. The lowest BCUT2D eigenvalue weighted by Crippen LogP contribution is -2.36. The monoisotopic (exact) mass is 215 g/mol. The number of nitrogens with zero attached hydrogens (tertiary/aromatic N) is 3. The molecule has 1 aliphatic rings. The molecule has 0 unspecified atom stereocenters. The van der Waals surface area contributed by atoms with Crippen molar-refractivity contribution in [3.8, 4) is 0 Å². The normalized spacial score (nSPS) is 19.3. The summed E-state index contributed by atoms with van der Waals surface area (Å²) in [7, 11) is 4.11. The van der Waals surface area contributed by atoms with Crippen LogP contribution in [-0.2, 0) is 0 Å². The Morgan fingerprint density at radius 1 is 1.27 bits per heavy atom. The van der Waals surface area contributed by atoms with E-state index in [9.17, 15) is 4.79 Å². The van der Waals surface area contributed by atoms with Crippen LogP contribution in [0.15, 0.2) is 0 Å². The van der Waals surface area contributed by atoms with Crippen molar-refractivity contribution in [1.82, 2.24) is 14.7 Å². The zero-order valence-electron chi connectivity index (χ0n) is 9.65. The standard InChI is InChI=1S/C10H21N3O2/c1-11(2)6-7-12-4-3-5-13(9-8-12)10(14)15/h3-9H2,1-2H3,(H,14,15). The molecule has 1 fully saturated rings. The summed E-state index contributed by atoms with van der Waals surface area (Å²) in [4.78, 5) is 16.8. The third-order valence-electron chi connectivity index (χ3n) is 2.72. The second-order valence-electron chi connectivity index (χ2n) is 4.27. The van der Waals surface area contributed by atoms with E-state index in [1.54, 1.807) is 0 Å². The van der Waals surface area contributed by atoms with Gasteiger partial charge in [-0.15, -0.1) is 0 Å². The van der Waals surface area contributed by atoms with E-state index in [0.29, 0.717) is 13.1 Å². The van der Waals surface area contributed by atoms with Crippen LogP contribution in [0.2, 0.25) is 0 Å². The number of carboxylic acid groups (broad SMARTS) is 1. The zero-order chi connectivity index (χ0) is 11.3. The maximum Gasteiger partial charge on any atom is 0.407 e. The third-order valence-corrected chi connectivity index (χ3v) is 2.72. The average Bonchev–Trinajstić information content (AvgIpc) is 2.39. The van der Waals surface area contributed by atoms with Gasteiger partial charge in [0.15, 0.2) is 0 Å². The molecule has 1 amide bonds. The Bertz CT molecular complexity index is 209. The second-order valence-corrected chi connectivity index (χ2v) is 4.27. The maximum atomic E-state index is 10.8. The van der Waals surface area contributed by atoms with Gasteiger partial charge in [0.25, 0.3) is 0 Å². The molecule has 0 bridgehead atoms. The van der Waals surface area contributed by atoms with Gasteiger partial charge in [0.05, 0.1) is 0 Å². The van der Waals surface area contributed by atoms with Crippen molar-refractivity contribution >= 4 is 6.09 Å². The summed E-state index contributed by atoms with van der Waals surface area (Å²) in [6.45, 7) is 5.25. The molecule has 0 radical (unpaired) electrons. The lowest BCUT2D eigenvalue weighted by atomic mass is 10.4. The van der Waals surface area contributed by atoms with Crippen molar-refractivity contribution in [3.63, 3.8) is 0 Å². The molecule has 1 N–H and O–H groups in total. The smallest absolute Gasteiger partial charge is 0.407 e. The molecule has 5 heteroatoms. The minimum Gasteiger partial charge on any atom is -0.465 e. The summed E-state index contributed by atoms with van der Waals surface area (Å²) >= 11 is 0. The van der Waals surface area contributed by atoms with Gasteiger partial charge in [0.1, 0.15) is 0 Å². The fraction of sp³-hybridized carbons (Fsp3) is 0.900. The average molecular weight is 215 g/mol. The fourth-order valence-electron chi connectivity index (χ4n) is 1.73. The van der Waals surface area contributed by atoms with Crippen molar-refractivity contribution in [2.45, 2.75) is 6.42 Å². The number of likely N-dealkylation sites (N-methyl/N-ethyl adjacent to an activating group) is 1. The van der Waals surface area contributed by atoms with Gasteiger partial charge in [0, 0.05) is 32.7 Å². The van der Waals surface area contributed by atoms with E-state index < -0.39 is 6.09 Å². The Hall–Kier alpha value is -0.810. The second kappa shape index (κ2) is 5.92. The maximum absolute atomic E-state index is 10.8. The van der Waals surface area contributed by atoms with E-state index in [1.807, 2.05) is 0 Å². The predicted octanol–water partition coefficient (Wildman–Crippen LogP) is 0.234. The highest BCUT2D eigenvalue weighted by atomic mass is 16.4. The van der Waals surface area contributed by atoms with E-state index in [1.165, 1.54) is 4.90 Å². The van der Waals surface area contributed by atoms with Crippen molar-refractivity contribution in [2.75, 3.05) is 53.4 Å². The summed E-state index contributed by atoms with van der Waals surface area (Å²) < 4.78 is 0. The van der Waals surface area contributed by atoms with Gasteiger partial charge in [-0.2, -0.15) is 0 Å². The molecule has 0 aromatic carbocycles. The molecule has 0 aliphatic carbocycles.